The van der Waals surface area contributed by atoms with Crippen LogP contribution in [0.15, 0.2) is 18.2 Å². The fourth-order valence-electron chi connectivity index (χ4n) is 1.23. The van der Waals surface area contributed by atoms with Gasteiger partial charge in [-0.1, -0.05) is 11.6 Å². The Morgan fingerprint density at radius 3 is 2.61 bits per heavy atom. The van der Waals surface area contributed by atoms with Gasteiger partial charge in [-0.25, -0.2) is 0 Å². The van der Waals surface area contributed by atoms with E-state index in [1.165, 1.54) is 12.1 Å². The van der Waals surface area contributed by atoms with Crippen LogP contribution in [0.1, 0.15) is 24.2 Å². The lowest BCUT2D eigenvalue weighted by Crippen LogP contribution is -2.48. The maximum Gasteiger partial charge on any atom is 0.270 e. The molecule has 0 aliphatic carbocycles. The summed E-state index contributed by atoms with van der Waals surface area (Å²) in [5.41, 5.74) is 4.96. The third kappa shape index (κ3) is 3.41. The van der Waals surface area contributed by atoms with Gasteiger partial charge in [0.1, 0.15) is 0 Å². The number of nitrogens with one attached hydrogen (secondary N) is 1. The average molecular weight is 272 g/mol. The maximum atomic E-state index is 11.9. The molecule has 0 aliphatic rings. The van der Waals surface area contributed by atoms with Gasteiger partial charge in [0.05, 0.1) is 15.5 Å². The lowest BCUT2D eigenvalue weighted by Gasteiger charge is -2.24. The van der Waals surface area contributed by atoms with Gasteiger partial charge in [0, 0.05) is 24.2 Å². The molecule has 0 atom stereocenters. The van der Waals surface area contributed by atoms with Crippen molar-refractivity contribution in [2.24, 2.45) is 5.73 Å². The smallest absolute Gasteiger partial charge is 0.270 e. The Hall–Kier alpha value is -1.66. The van der Waals surface area contributed by atoms with E-state index in [4.69, 9.17) is 17.3 Å². The van der Waals surface area contributed by atoms with Gasteiger partial charge in [0.15, 0.2) is 0 Å². The highest BCUT2D eigenvalue weighted by Crippen LogP contribution is 2.22. The second-order valence-corrected chi connectivity index (χ2v) is 4.87. The van der Waals surface area contributed by atoms with Gasteiger partial charge in [-0.3, -0.25) is 14.9 Å². The summed E-state index contributed by atoms with van der Waals surface area (Å²) in [5, 5.41) is 13.3. The van der Waals surface area contributed by atoms with Crippen LogP contribution in [0.5, 0.6) is 0 Å². The molecule has 0 saturated heterocycles. The number of nitro groups is 1. The van der Waals surface area contributed by atoms with Crippen LogP contribution in [0.4, 0.5) is 5.69 Å². The van der Waals surface area contributed by atoms with Crippen molar-refractivity contribution in [2.75, 3.05) is 6.54 Å². The lowest BCUT2D eigenvalue weighted by atomic mass is 10.1. The summed E-state index contributed by atoms with van der Waals surface area (Å²) >= 11 is 5.84. The summed E-state index contributed by atoms with van der Waals surface area (Å²) in [6, 6.07) is 3.70. The van der Waals surface area contributed by atoms with Crippen LogP contribution in [-0.2, 0) is 0 Å². The molecule has 18 heavy (non-hydrogen) atoms. The van der Waals surface area contributed by atoms with Gasteiger partial charge >= 0.3 is 0 Å². The van der Waals surface area contributed by atoms with Crippen molar-refractivity contribution < 1.29 is 9.72 Å². The standard InChI is InChI=1S/C11H14ClN3O3/c1-11(2,6-13)14-10(16)8-4-3-7(15(17)18)5-9(8)12/h3-5H,6,13H2,1-2H3,(H,14,16). The van der Waals surface area contributed by atoms with Crippen molar-refractivity contribution >= 4 is 23.2 Å². The van der Waals surface area contributed by atoms with E-state index in [9.17, 15) is 14.9 Å². The molecule has 98 valence electrons. The zero-order chi connectivity index (χ0) is 13.9. The Morgan fingerprint density at radius 1 is 1.56 bits per heavy atom. The highest BCUT2D eigenvalue weighted by Gasteiger charge is 2.21. The largest absolute Gasteiger partial charge is 0.346 e. The minimum atomic E-state index is -0.572. The topological polar surface area (TPSA) is 98.3 Å². The lowest BCUT2D eigenvalue weighted by molar-refractivity contribution is -0.384. The molecule has 0 spiro atoms. The van der Waals surface area contributed by atoms with Gasteiger partial charge in [0.25, 0.3) is 11.6 Å². The molecule has 0 saturated carbocycles. The first-order valence-electron chi connectivity index (χ1n) is 5.23. The molecule has 1 aromatic rings. The van der Waals surface area contributed by atoms with E-state index >= 15 is 0 Å². The first-order valence-corrected chi connectivity index (χ1v) is 5.61. The molecule has 0 radical (unpaired) electrons. The molecule has 6 nitrogen and oxygen atoms in total. The summed E-state index contributed by atoms with van der Waals surface area (Å²) in [6.45, 7) is 3.80. The van der Waals surface area contributed by atoms with E-state index in [1.807, 2.05) is 0 Å². The van der Waals surface area contributed by atoms with Crippen molar-refractivity contribution in [1.29, 1.82) is 0 Å². The molecule has 1 rings (SSSR count). The predicted octanol–water partition coefficient (Wildman–Crippen LogP) is 1.72. The number of amides is 1. The van der Waals surface area contributed by atoms with Gasteiger partial charge in [-0.2, -0.15) is 0 Å². The molecule has 7 heteroatoms. The molecule has 1 aromatic carbocycles. The third-order valence-corrected chi connectivity index (χ3v) is 2.68. The van der Waals surface area contributed by atoms with E-state index in [1.54, 1.807) is 13.8 Å². The van der Waals surface area contributed by atoms with E-state index in [0.29, 0.717) is 0 Å². The first-order chi connectivity index (χ1) is 8.26. The molecule has 3 N–H and O–H groups in total. The highest BCUT2D eigenvalue weighted by atomic mass is 35.5. The van der Waals surface area contributed by atoms with Crippen LogP contribution in [-0.4, -0.2) is 22.9 Å². The van der Waals surface area contributed by atoms with Gasteiger partial charge in [-0.05, 0) is 19.9 Å². The number of non-ortho nitro benzene ring substituents is 1. The Kier molecular flexibility index (Phi) is 4.26. The average Bonchev–Trinajstić information content (AvgIpc) is 2.28. The minimum Gasteiger partial charge on any atom is -0.346 e. The zero-order valence-corrected chi connectivity index (χ0v) is 10.8. The van der Waals surface area contributed by atoms with Gasteiger partial charge < -0.3 is 11.1 Å². The van der Waals surface area contributed by atoms with E-state index in [2.05, 4.69) is 5.32 Å². The summed E-state index contributed by atoms with van der Waals surface area (Å²) < 4.78 is 0. The third-order valence-electron chi connectivity index (χ3n) is 2.37. The van der Waals surface area contributed by atoms with Crippen molar-refractivity contribution in [3.63, 3.8) is 0 Å². The number of hydrogen-bond donors (Lipinski definition) is 2. The quantitative estimate of drug-likeness (QED) is 0.643. The molecule has 0 aliphatic heterocycles. The predicted molar refractivity (Wildman–Crippen MR) is 68.7 cm³/mol. The number of hydrogen-bond acceptors (Lipinski definition) is 4. The van der Waals surface area contributed by atoms with Gasteiger partial charge in [0.2, 0.25) is 0 Å². The van der Waals surface area contributed by atoms with E-state index < -0.39 is 16.4 Å². The van der Waals surface area contributed by atoms with E-state index in [0.717, 1.165) is 6.07 Å². The normalized spacial score (nSPS) is 11.1. The molecule has 1 amide bonds. The van der Waals surface area contributed by atoms with Crippen molar-refractivity contribution in [2.45, 2.75) is 19.4 Å². The number of carbonyl (C=O) groups excluding carboxylic acids is 1. The number of nitro benzene ring substituents is 1. The molecule has 0 unspecified atom stereocenters. The van der Waals surface area contributed by atoms with Crippen LogP contribution in [0, 0.1) is 10.1 Å². The Morgan fingerprint density at radius 2 is 2.17 bits per heavy atom. The highest BCUT2D eigenvalue weighted by molar-refractivity contribution is 6.34. The van der Waals surface area contributed by atoms with Crippen LogP contribution >= 0.6 is 11.6 Å². The number of halogens is 1. The molecular formula is C11H14ClN3O3. The van der Waals surface area contributed by atoms with E-state index in [-0.39, 0.29) is 22.8 Å². The van der Waals surface area contributed by atoms with Crippen molar-refractivity contribution in [3.05, 3.63) is 38.9 Å². The second kappa shape index (κ2) is 5.32. The number of benzene rings is 1. The zero-order valence-electron chi connectivity index (χ0n) is 10.1. The van der Waals surface area contributed by atoms with Gasteiger partial charge in [-0.15, -0.1) is 0 Å². The second-order valence-electron chi connectivity index (χ2n) is 4.46. The summed E-state index contributed by atoms with van der Waals surface area (Å²) in [6.07, 6.45) is 0. The molecular weight excluding hydrogens is 258 g/mol. The number of rotatable bonds is 4. The summed E-state index contributed by atoms with van der Waals surface area (Å²) in [4.78, 5) is 21.9. The molecule has 0 fully saturated rings. The monoisotopic (exact) mass is 271 g/mol. The Balaban J connectivity index is 2.97. The molecule has 0 bridgehead atoms. The fourth-order valence-corrected chi connectivity index (χ4v) is 1.49. The molecule has 0 aromatic heterocycles. The fraction of sp³-hybridized carbons (Fsp3) is 0.364. The summed E-state index contributed by atoms with van der Waals surface area (Å²) in [7, 11) is 0. The van der Waals surface area contributed by atoms with Crippen molar-refractivity contribution in [3.8, 4) is 0 Å². The number of nitrogens with two attached hydrogens (primary N) is 1. The van der Waals surface area contributed by atoms with Crippen LogP contribution in [0.25, 0.3) is 0 Å². The van der Waals surface area contributed by atoms with Crippen molar-refractivity contribution in [1.82, 2.24) is 5.32 Å². The summed E-state index contributed by atoms with van der Waals surface area (Å²) in [5.74, 6) is -0.412. The maximum absolute atomic E-state index is 11.9. The van der Waals surface area contributed by atoms with Crippen LogP contribution in [0.2, 0.25) is 5.02 Å². The minimum absolute atomic E-state index is 0.0366. The first kappa shape index (κ1) is 14.4. The van der Waals surface area contributed by atoms with Crippen LogP contribution < -0.4 is 11.1 Å². The van der Waals surface area contributed by atoms with Crippen LogP contribution in [0.3, 0.4) is 0 Å². The molecule has 0 heterocycles. The number of nitrogens with zero attached hydrogens (tertiary/aromatic N) is 1. The Labute approximate surface area is 109 Å². The number of carbonyl (C=O) groups is 1. The SMILES string of the molecule is CC(C)(CN)NC(=O)c1ccc([N+](=O)[O-])cc1Cl. The Bertz CT molecular complexity index is 488.